The summed E-state index contributed by atoms with van der Waals surface area (Å²) >= 11 is 7.20. The molecule has 2 aromatic heterocycles. The van der Waals surface area contributed by atoms with Gasteiger partial charge in [-0.05, 0) is 54.7 Å². The second-order valence-electron chi connectivity index (χ2n) is 8.55. The number of anilines is 1. The fourth-order valence-electron chi connectivity index (χ4n) is 3.69. The molecule has 2 aromatic carbocycles. The van der Waals surface area contributed by atoms with E-state index in [-0.39, 0.29) is 12.2 Å². The summed E-state index contributed by atoms with van der Waals surface area (Å²) in [6, 6.07) is 20.0. The molecule has 0 saturated heterocycles. The number of Topliss-reactive ketones (excluding diaryl/α,β-unsaturated/α-hetero) is 1. The summed E-state index contributed by atoms with van der Waals surface area (Å²) in [5, 5.41) is 31.0. The van der Waals surface area contributed by atoms with Gasteiger partial charge in [0.1, 0.15) is 10.8 Å². The first kappa shape index (κ1) is 26.5. The van der Waals surface area contributed by atoms with Crippen LogP contribution in [0.2, 0.25) is 5.02 Å². The molecule has 0 saturated carbocycles. The highest BCUT2D eigenvalue weighted by Crippen LogP contribution is 2.22. The van der Waals surface area contributed by atoms with Crippen molar-refractivity contribution in [2.24, 2.45) is 0 Å². The summed E-state index contributed by atoms with van der Waals surface area (Å²) < 4.78 is 0. The molecule has 0 aliphatic carbocycles. The van der Waals surface area contributed by atoms with Crippen LogP contribution in [0.1, 0.15) is 46.5 Å². The standard InChI is InChI=1S/C27H26ClN5O3S/c28-20-10-6-9-19(16-20)25(35)26(36)29-27-33-32-24(37-27)12-5-4-11-21-13-14-22(31-30-21)17-23(34)15-18-7-2-1-3-8-18/h1-3,6-10,13-14,16,25,35H,4-5,11-12,15,17H2,(H,29,33,36). The van der Waals surface area contributed by atoms with Gasteiger partial charge in [-0.25, -0.2) is 0 Å². The fourth-order valence-corrected chi connectivity index (χ4v) is 4.68. The molecule has 0 aliphatic heterocycles. The summed E-state index contributed by atoms with van der Waals surface area (Å²) in [5.74, 6) is -0.478. The van der Waals surface area contributed by atoms with Crippen molar-refractivity contribution in [2.75, 3.05) is 5.32 Å². The molecule has 2 N–H and O–H groups in total. The minimum Gasteiger partial charge on any atom is -0.378 e. The first-order valence-electron chi connectivity index (χ1n) is 11.9. The SMILES string of the molecule is O=C(Cc1ccccc1)Cc1ccc(CCCCc2nnc(NC(=O)C(O)c3cccc(Cl)c3)s2)nn1. The van der Waals surface area contributed by atoms with Gasteiger partial charge < -0.3 is 5.11 Å². The first-order chi connectivity index (χ1) is 18.0. The van der Waals surface area contributed by atoms with Gasteiger partial charge in [-0.3, -0.25) is 14.9 Å². The third-order valence-corrected chi connectivity index (χ3v) is 6.71. The van der Waals surface area contributed by atoms with Gasteiger partial charge in [-0.1, -0.05) is 65.4 Å². The third kappa shape index (κ3) is 8.24. The Bertz CT molecular complexity index is 1330. The van der Waals surface area contributed by atoms with Gasteiger partial charge in [-0.2, -0.15) is 10.2 Å². The van der Waals surface area contributed by atoms with Crippen LogP contribution in [-0.4, -0.2) is 37.2 Å². The van der Waals surface area contributed by atoms with Crippen LogP contribution in [0.5, 0.6) is 0 Å². The number of rotatable bonds is 12. The van der Waals surface area contributed by atoms with E-state index in [1.54, 1.807) is 24.3 Å². The molecule has 1 unspecified atom stereocenters. The van der Waals surface area contributed by atoms with E-state index in [0.717, 1.165) is 35.5 Å². The van der Waals surface area contributed by atoms with Crippen molar-refractivity contribution in [3.8, 4) is 0 Å². The number of aliphatic hydroxyl groups excluding tert-OH is 1. The van der Waals surface area contributed by atoms with Crippen molar-refractivity contribution in [1.82, 2.24) is 20.4 Å². The Hall–Kier alpha value is -3.53. The molecule has 4 rings (SSSR count). The van der Waals surface area contributed by atoms with Gasteiger partial charge in [-0.15, -0.1) is 10.2 Å². The Morgan fingerprint density at radius 2 is 1.62 bits per heavy atom. The Balaban J connectivity index is 1.17. The van der Waals surface area contributed by atoms with Crippen LogP contribution in [0.4, 0.5) is 5.13 Å². The average Bonchev–Trinajstić information content (AvgIpc) is 3.34. The number of unbranched alkanes of at least 4 members (excludes halogenated alkanes) is 1. The van der Waals surface area contributed by atoms with E-state index in [1.165, 1.54) is 11.3 Å². The number of ketones is 1. The van der Waals surface area contributed by atoms with Crippen LogP contribution < -0.4 is 5.32 Å². The number of halogens is 1. The minimum atomic E-state index is -1.35. The number of carbonyl (C=O) groups is 2. The highest BCUT2D eigenvalue weighted by atomic mass is 35.5. The van der Waals surface area contributed by atoms with E-state index in [0.29, 0.717) is 34.3 Å². The first-order valence-corrected chi connectivity index (χ1v) is 13.1. The van der Waals surface area contributed by atoms with E-state index < -0.39 is 12.0 Å². The number of hydrogen-bond acceptors (Lipinski definition) is 8. The summed E-state index contributed by atoms with van der Waals surface area (Å²) in [7, 11) is 0. The molecule has 0 bridgehead atoms. The maximum Gasteiger partial charge on any atom is 0.259 e. The zero-order chi connectivity index (χ0) is 26.0. The molecule has 0 aliphatic rings. The molecule has 1 atom stereocenters. The molecule has 37 heavy (non-hydrogen) atoms. The number of nitrogens with zero attached hydrogens (tertiary/aromatic N) is 4. The average molecular weight is 536 g/mol. The zero-order valence-electron chi connectivity index (χ0n) is 20.0. The van der Waals surface area contributed by atoms with Gasteiger partial charge in [0.25, 0.3) is 5.91 Å². The fraction of sp³-hybridized carbons (Fsp3) is 0.259. The predicted octanol–water partition coefficient (Wildman–Crippen LogP) is 4.57. The Morgan fingerprint density at radius 1 is 0.865 bits per heavy atom. The van der Waals surface area contributed by atoms with Gasteiger partial charge in [0.05, 0.1) is 17.8 Å². The van der Waals surface area contributed by atoms with Gasteiger partial charge in [0.2, 0.25) is 5.13 Å². The Morgan fingerprint density at radius 3 is 2.38 bits per heavy atom. The lowest BCUT2D eigenvalue weighted by Gasteiger charge is -2.09. The highest BCUT2D eigenvalue weighted by Gasteiger charge is 2.19. The van der Waals surface area contributed by atoms with E-state index in [1.807, 2.05) is 42.5 Å². The number of carbonyl (C=O) groups excluding carboxylic acids is 2. The number of benzene rings is 2. The van der Waals surface area contributed by atoms with Crippen LogP contribution in [-0.2, 0) is 35.3 Å². The van der Waals surface area contributed by atoms with E-state index in [2.05, 4.69) is 25.7 Å². The largest absolute Gasteiger partial charge is 0.378 e. The van der Waals surface area contributed by atoms with Crippen molar-refractivity contribution < 1.29 is 14.7 Å². The zero-order valence-corrected chi connectivity index (χ0v) is 21.6. The Labute approximate surface area is 223 Å². The molecule has 0 fully saturated rings. The number of nitrogens with one attached hydrogen (secondary N) is 1. The van der Waals surface area contributed by atoms with Crippen LogP contribution in [0, 0.1) is 0 Å². The molecule has 10 heteroatoms. The summed E-state index contributed by atoms with van der Waals surface area (Å²) in [4.78, 5) is 24.6. The minimum absolute atomic E-state index is 0.111. The maximum absolute atomic E-state index is 12.3. The van der Waals surface area contributed by atoms with Gasteiger partial charge in [0, 0.05) is 17.9 Å². The van der Waals surface area contributed by atoms with Crippen LogP contribution >= 0.6 is 22.9 Å². The normalized spacial score (nSPS) is 11.7. The number of aliphatic hydroxyl groups is 1. The van der Waals surface area contributed by atoms with Gasteiger partial charge >= 0.3 is 0 Å². The quantitative estimate of drug-likeness (QED) is 0.255. The van der Waals surface area contributed by atoms with Crippen LogP contribution in [0.3, 0.4) is 0 Å². The maximum atomic E-state index is 12.3. The summed E-state index contributed by atoms with van der Waals surface area (Å²) in [6.07, 6.45) is 2.55. The van der Waals surface area contributed by atoms with E-state index >= 15 is 0 Å². The number of aromatic nitrogens is 4. The lowest BCUT2D eigenvalue weighted by atomic mass is 10.1. The molecule has 0 spiro atoms. The smallest absolute Gasteiger partial charge is 0.259 e. The number of aryl methyl sites for hydroxylation is 2. The topological polar surface area (TPSA) is 118 Å². The lowest BCUT2D eigenvalue weighted by molar-refractivity contribution is -0.124. The van der Waals surface area contributed by atoms with Crippen molar-refractivity contribution in [2.45, 2.75) is 44.6 Å². The molecule has 190 valence electrons. The molecule has 0 radical (unpaired) electrons. The van der Waals surface area contributed by atoms with Crippen molar-refractivity contribution in [3.05, 3.63) is 99.3 Å². The molecular formula is C27H26ClN5O3S. The van der Waals surface area contributed by atoms with Gasteiger partial charge in [0.15, 0.2) is 6.10 Å². The van der Waals surface area contributed by atoms with Crippen molar-refractivity contribution in [1.29, 1.82) is 0 Å². The second kappa shape index (κ2) is 13.1. The van der Waals surface area contributed by atoms with Crippen LogP contribution in [0.15, 0.2) is 66.7 Å². The van der Waals surface area contributed by atoms with E-state index in [9.17, 15) is 14.7 Å². The van der Waals surface area contributed by atoms with Crippen molar-refractivity contribution >= 4 is 39.8 Å². The third-order valence-electron chi connectivity index (χ3n) is 5.58. The summed E-state index contributed by atoms with van der Waals surface area (Å²) in [5.41, 5.74) is 2.95. The second-order valence-corrected chi connectivity index (χ2v) is 10.0. The molecular weight excluding hydrogens is 510 g/mol. The number of amides is 1. The van der Waals surface area contributed by atoms with Crippen LogP contribution in [0.25, 0.3) is 0 Å². The molecule has 8 nitrogen and oxygen atoms in total. The highest BCUT2D eigenvalue weighted by molar-refractivity contribution is 7.15. The van der Waals surface area contributed by atoms with Crippen molar-refractivity contribution in [3.63, 3.8) is 0 Å². The van der Waals surface area contributed by atoms with E-state index in [4.69, 9.17) is 11.6 Å². The monoisotopic (exact) mass is 535 g/mol. The number of hydrogen-bond donors (Lipinski definition) is 2. The molecule has 2 heterocycles. The lowest BCUT2D eigenvalue weighted by Crippen LogP contribution is -2.20. The molecule has 1 amide bonds. The Kier molecular flexibility index (Phi) is 9.42. The predicted molar refractivity (Wildman–Crippen MR) is 142 cm³/mol. The molecule has 4 aromatic rings. The summed E-state index contributed by atoms with van der Waals surface area (Å²) in [6.45, 7) is 0.